The highest BCUT2D eigenvalue weighted by atomic mass is 35.5. The summed E-state index contributed by atoms with van der Waals surface area (Å²) < 4.78 is 11.5. The fourth-order valence-corrected chi connectivity index (χ4v) is 4.79. The molecule has 1 amide bonds. The number of carbonyl (C=O) groups excluding carboxylic acids is 2. The molecule has 0 bridgehead atoms. The number of carbonyl (C=O) groups is 2. The fourth-order valence-electron chi connectivity index (χ4n) is 3.71. The second-order valence-corrected chi connectivity index (χ2v) is 10.6. The number of hydrogen-bond acceptors (Lipinski definition) is 5. The van der Waals surface area contributed by atoms with Gasteiger partial charge in [-0.25, -0.2) is 4.79 Å². The minimum absolute atomic E-state index is 0.311. The third-order valence-electron chi connectivity index (χ3n) is 5.60. The summed E-state index contributed by atoms with van der Waals surface area (Å²) >= 11 is 7.23. The Kier molecular flexibility index (Phi) is 8.00. The van der Waals surface area contributed by atoms with Crippen molar-refractivity contribution in [3.05, 3.63) is 94.8 Å². The van der Waals surface area contributed by atoms with Gasteiger partial charge in [0, 0.05) is 16.0 Å². The molecule has 0 fully saturated rings. The smallest absolute Gasteiger partial charge is 0.342 e. The van der Waals surface area contributed by atoms with Crippen molar-refractivity contribution >= 4 is 39.8 Å². The van der Waals surface area contributed by atoms with Gasteiger partial charge in [-0.1, -0.05) is 66.2 Å². The van der Waals surface area contributed by atoms with Gasteiger partial charge in [0.15, 0.2) is 5.60 Å². The third kappa shape index (κ3) is 6.40. The van der Waals surface area contributed by atoms with E-state index in [1.54, 1.807) is 52.0 Å². The number of esters is 1. The minimum atomic E-state index is -1.21. The molecule has 0 atom stereocenters. The molecule has 1 heterocycles. The van der Waals surface area contributed by atoms with Crippen molar-refractivity contribution in [2.75, 3.05) is 5.32 Å². The van der Waals surface area contributed by atoms with Crippen molar-refractivity contribution in [3.63, 3.8) is 0 Å². The van der Waals surface area contributed by atoms with Crippen LogP contribution in [0.1, 0.15) is 38.1 Å². The van der Waals surface area contributed by atoms with Gasteiger partial charge in [0.1, 0.15) is 16.3 Å². The van der Waals surface area contributed by atoms with E-state index in [2.05, 4.69) is 5.32 Å². The standard InChI is InChI=1S/C30H28ClNO4S/c1-19(2)35-28(33)26-25(22-12-10-21(11-13-22)20-8-6-5-7-9-20)18-37-27(26)32-29(34)30(3,4)36-24-16-14-23(31)15-17-24/h5-19H,1-4H3,(H,32,34). The molecule has 0 radical (unpaired) electrons. The van der Waals surface area contributed by atoms with Gasteiger partial charge in [-0.2, -0.15) is 0 Å². The number of amides is 1. The average molecular weight is 534 g/mol. The van der Waals surface area contributed by atoms with Crippen molar-refractivity contribution < 1.29 is 19.1 Å². The van der Waals surface area contributed by atoms with Gasteiger partial charge >= 0.3 is 5.97 Å². The van der Waals surface area contributed by atoms with E-state index in [0.717, 1.165) is 16.7 Å². The van der Waals surface area contributed by atoms with Crippen LogP contribution in [0.2, 0.25) is 5.02 Å². The molecule has 0 aliphatic carbocycles. The highest BCUT2D eigenvalue weighted by molar-refractivity contribution is 7.15. The first-order valence-corrected chi connectivity index (χ1v) is 13.1. The molecule has 0 aliphatic rings. The maximum atomic E-state index is 13.2. The quantitative estimate of drug-likeness (QED) is 0.232. The van der Waals surface area contributed by atoms with E-state index in [1.165, 1.54) is 11.3 Å². The molecule has 0 spiro atoms. The van der Waals surface area contributed by atoms with Crippen molar-refractivity contribution in [1.29, 1.82) is 0 Å². The van der Waals surface area contributed by atoms with Crippen LogP contribution in [-0.2, 0) is 9.53 Å². The summed E-state index contributed by atoms with van der Waals surface area (Å²) in [6.07, 6.45) is -0.311. The maximum Gasteiger partial charge on any atom is 0.342 e. The van der Waals surface area contributed by atoms with Crippen LogP contribution in [0.3, 0.4) is 0 Å². The van der Waals surface area contributed by atoms with Crippen LogP contribution in [0.5, 0.6) is 5.75 Å². The number of thiophene rings is 1. The zero-order chi connectivity index (χ0) is 26.6. The monoisotopic (exact) mass is 533 g/mol. The van der Waals surface area contributed by atoms with E-state index in [0.29, 0.717) is 26.9 Å². The zero-order valence-electron chi connectivity index (χ0n) is 21.1. The topological polar surface area (TPSA) is 64.6 Å². The Labute approximate surface area is 226 Å². The van der Waals surface area contributed by atoms with Crippen LogP contribution in [0.4, 0.5) is 5.00 Å². The van der Waals surface area contributed by atoms with Crippen LogP contribution < -0.4 is 10.1 Å². The lowest BCUT2D eigenvalue weighted by atomic mass is 9.99. The first kappa shape index (κ1) is 26.5. The molecule has 0 saturated heterocycles. The van der Waals surface area contributed by atoms with Gasteiger partial charge in [-0.3, -0.25) is 4.79 Å². The summed E-state index contributed by atoms with van der Waals surface area (Å²) in [7, 11) is 0. The molecule has 37 heavy (non-hydrogen) atoms. The van der Waals surface area contributed by atoms with Gasteiger partial charge < -0.3 is 14.8 Å². The minimum Gasteiger partial charge on any atom is -0.478 e. The fraction of sp³-hybridized carbons (Fsp3) is 0.200. The van der Waals surface area contributed by atoms with Crippen LogP contribution >= 0.6 is 22.9 Å². The predicted octanol–water partition coefficient (Wildman–Crippen LogP) is 8.10. The van der Waals surface area contributed by atoms with Gasteiger partial charge in [0.05, 0.1) is 6.10 Å². The molecule has 1 N–H and O–H groups in total. The average Bonchev–Trinajstić information content (AvgIpc) is 3.29. The molecule has 7 heteroatoms. The second-order valence-electron chi connectivity index (χ2n) is 9.27. The Morgan fingerprint density at radius 3 is 2.08 bits per heavy atom. The third-order valence-corrected chi connectivity index (χ3v) is 6.75. The Morgan fingerprint density at radius 2 is 1.46 bits per heavy atom. The first-order valence-electron chi connectivity index (χ1n) is 11.9. The molecule has 0 saturated carbocycles. The van der Waals surface area contributed by atoms with E-state index in [-0.39, 0.29) is 6.10 Å². The normalized spacial score (nSPS) is 11.3. The van der Waals surface area contributed by atoms with Crippen molar-refractivity contribution in [1.82, 2.24) is 0 Å². The van der Waals surface area contributed by atoms with E-state index in [1.807, 2.05) is 60.0 Å². The molecule has 4 rings (SSSR count). The van der Waals surface area contributed by atoms with Crippen LogP contribution in [-0.4, -0.2) is 23.6 Å². The lowest BCUT2D eigenvalue weighted by Gasteiger charge is -2.25. The zero-order valence-corrected chi connectivity index (χ0v) is 22.7. The van der Waals surface area contributed by atoms with Crippen molar-refractivity contribution in [2.24, 2.45) is 0 Å². The highest BCUT2D eigenvalue weighted by Crippen LogP contribution is 2.38. The number of nitrogens with one attached hydrogen (secondary N) is 1. The highest BCUT2D eigenvalue weighted by Gasteiger charge is 2.32. The Morgan fingerprint density at radius 1 is 0.865 bits per heavy atom. The second kappa shape index (κ2) is 11.2. The molecule has 4 aromatic rings. The largest absolute Gasteiger partial charge is 0.478 e. The van der Waals surface area contributed by atoms with Crippen molar-refractivity contribution in [3.8, 4) is 28.0 Å². The number of rotatable bonds is 8. The van der Waals surface area contributed by atoms with Gasteiger partial charge in [0.25, 0.3) is 5.91 Å². The van der Waals surface area contributed by atoms with Crippen LogP contribution in [0.25, 0.3) is 22.3 Å². The SMILES string of the molecule is CC(C)OC(=O)c1c(-c2ccc(-c3ccccc3)cc2)csc1NC(=O)C(C)(C)Oc1ccc(Cl)cc1. The molecule has 3 aromatic carbocycles. The van der Waals surface area contributed by atoms with E-state index < -0.39 is 17.5 Å². The molecular weight excluding hydrogens is 506 g/mol. The molecule has 1 aromatic heterocycles. The summed E-state index contributed by atoms with van der Waals surface area (Å²) in [5, 5.41) is 5.73. The molecule has 5 nitrogen and oxygen atoms in total. The van der Waals surface area contributed by atoms with E-state index in [4.69, 9.17) is 21.1 Å². The summed E-state index contributed by atoms with van der Waals surface area (Å²) in [5.74, 6) is -0.381. The van der Waals surface area contributed by atoms with E-state index in [9.17, 15) is 9.59 Å². The Hall–Kier alpha value is -3.61. The van der Waals surface area contributed by atoms with Crippen LogP contribution in [0.15, 0.2) is 84.2 Å². The van der Waals surface area contributed by atoms with Gasteiger partial charge in [0.2, 0.25) is 0 Å². The number of benzene rings is 3. The summed E-state index contributed by atoms with van der Waals surface area (Å²) in [6, 6.07) is 24.8. The maximum absolute atomic E-state index is 13.2. The predicted molar refractivity (Wildman–Crippen MR) is 151 cm³/mol. The number of hydrogen-bond donors (Lipinski definition) is 1. The number of halogens is 1. The number of ether oxygens (including phenoxy) is 2. The summed E-state index contributed by atoms with van der Waals surface area (Å²) in [5.41, 5.74) is 2.83. The van der Waals surface area contributed by atoms with E-state index >= 15 is 0 Å². The van der Waals surface area contributed by atoms with Gasteiger partial charge in [-0.05, 0) is 68.7 Å². The lowest BCUT2D eigenvalue weighted by molar-refractivity contribution is -0.128. The molecule has 190 valence electrons. The number of anilines is 1. The van der Waals surface area contributed by atoms with Crippen LogP contribution in [0, 0.1) is 0 Å². The Bertz CT molecular complexity index is 1380. The van der Waals surface area contributed by atoms with Crippen molar-refractivity contribution in [2.45, 2.75) is 39.4 Å². The lowest BCUT2D eigenvalue weighted by Crippen LogP contribution is -2.42. The summed E-state index contributed by atoms with van der Waals surface area (Å²) in [4.78, 5) is 26.4. The first-order chi connectivity index (χ1) is 17.6. The molecule has 0 aliphatic heterocycles. The molecule has 0 unspecified atom stereocenters. The molecular formula is C30H28ClNO4S. The van der Waals surface area contributed by atoms with Gasteiger partial charge in [-0.15, -0.1) is 11.3 Å². The Balaban J connectivity index is 1.62. The summed E-state index contributed by atoms with van der Waals surface area (Å²) in [6.45, 7) is 6.92.